The maximum absolute atomic E-state index is 12.0. The second-order valence-electron chi connectivity index (χ2n) is 4.97. The van der Waals surface area contributed by atoms with Crippen LogP contribution < -0.4 is 10.1 Å². The minimum Gasteiger partial charge on any atom is -0.423 e. The standard InChI is InChI=1S/C15H21N3O3/c1-3-17(4-2)11-14(19)16-10-9-15-18(20)12-7-5-6-8-13(12)21-15/h5-8,15H,3-4,9-11H2,1-2H3/p+1. The van der Waals surface area contributed by atoms with E-state index in [0.29, 0.717) is 30.9 Å². The predicted molar refractivity (Wildman–Crippen MR) is 79.6 cm³/mol. The van der Waals surface area contributed by atoms with Crippen LogP contribution in [0.5, 0.6) is 5.75 Å². The van der Waals surface area contributed by atoms with Crippen molar-refractivity contribution in [2.75, 3.05) is 26.2 Å². The van der Waals surface area contributed by atoms with E-state index < -0.39 is 6.23 Å². The Morgan fingerprint density at radius 2 is 2.05 bits per heavy atom. The highest BCUT2D eigenvalue weighted by Crippen LogP contribution is 2.35. The zero-order valence-corrected chi connectivity index (χ0v) is 12.5. The molecule has 1 aliphatic rings. The van der Waals surface area contributed by atoms with Crippen molar-refractivity contribution in [2.45, 2.75) is 26.5 Å². The maximum Gasteiger partial charge on any atom is 0.352 e. The second-order valence-corrected chi connectivity index (χ2v) is 4.97. The topological polar surface area (TPSA) is 61.7 Å². The summed E-state index contributed by atoms with van der Waals surface area (Å²) >= 11 is 0. The highest BCUT2D eigenvalue weighted by atomic mass is 16.5. The molecule has 0 saturated heterocycles. The fraction of sp³-hybridized carbons (Fsp3) is 0.533. The zero-order chi connectivity index (χ0) is 15.2. The number of hydrogen-bond donors (Lipinski definition) is 1. The number of carbonyl (C=O) groups is 1. The molecule has 0 bridgehead atoms. The summed E-state index contributed by atoms with van der Waals surface area (Å²) in [5.74, 6) is 0.582. The van der Waals surface area contributed by atoms with Crippen LogP contribution >= 0.6 is 0 Å². The number of benzene rings is 1. The number of ether oxygens (including phenoxy) is 1. The van der Waals surface area contributed by atoms with Crippen molar-refractivity contribution >= 4 is 11.6 Å². The largest absolute Gasteiger partial charge is 0.423 e. The van der Waals surface area contributed by atoms with Crippen LogP contribution in [-0.4, -0.2) is 48.0 Å². The second kappa shape index (κ2) is 7.17. The van der Waals surface area contributed by atoms with E-state index in [1.165, 1.54) is 0 Å². The Labute approximate surface area is 124 Å². The molecular weight excluding hydrogens is 270 g/mol. The third-order valence-electron chi connectivity index (χ3n) is 3.60. The van der Waals surface area contributed by atoms with Crippen molar-refractivity contribution in [2.24, 2.45) is 0 Å². The fourth-order valence-electron chi connectivity index (χ4n) is 2.31. The van der Waals surface area contributed by atoms with E-state index >= 15 is 0 Å². The number of hydrogen-bond acceptors (Lipinski definition) is 4. The van der Waals surface area contributed by atoms with Crippen LogP contribution in [0.1, 0.15) is 20.3 Å². The van der Waals surface area contributed by atoms with Crippen LogP contribution in [0.2, 0.25) is 0 Å². The Morgan fingerprint density at radius 3 is 2.71 bits per heavy atom. The van der Waals surface area contributed by atoms with Gasteiger partial charge >= 0.3 is 11.9 Å². The molecular formula is C15H22N3O3+. The van der Waals surface area contributed by atoms with Crippen LogP contribution in [0.3, 0.4) is 0 Å². The molecule has 1 heterocycles. The summed E-state index contributed by atoms with van der Waals surface area (Å²) in [4.78, 5) is 25.8. The molecule has 21 heavy (non-hydrogen) atoms. The summed E-state index contributed by atoms with van der Waals surface area (Å²) < 4.78 is 6.44. The summed E-state index contributed by atoms with van der Waals surface area (Å²) in [6.07, 6.45) is -0.0986. The van der Waals surface area contributed by atoms with Gasteiger partial charge in [0.25, 0.3) is 0 Å². The van der Waals surface area contributed by atoms with Gasteiger partial charge in [0, 0.05) is 17.5 Å². The zero-order valence-electron chi connectivity index (χ0n) is 12.5. The smallest absolute Gasteiger partial charge is 0.352 e. The lowest BCUT2D eigenvalue weighted by Crippen LogP contribution is -2.38. The number of likely N-dealkylation sites (N-methyl/N-ethyl adjacent to an activating group) is 1. The van der Waals surface area contributed by atoms with E-state index in [0.717, 1.165) is 17.8 Å². The summed E-state index contributed by atoms with van der Waals surface area (Å²) in [6.45, 7) is 6.56. The Morgan fingerprint density at radius 1 is 1.33 bits per heavy atom. The average Bonchev–Trinajstić information content (AvgIpc) is 2.82. The first-order chi connectivity index (χ1) is 10.2. The number of rotatable bonds is 7. The van der Waals surface area contributed by atoms with Gasteiger partial charge in [-0.25, -0.2) is 0 Å². The Hall–Kier alpha value is -1.95. The molecule has 0 radical (unpaired) electrons. The minimum atomic E-state index is -0.559. The van der Waals surface area contributed by atoms with Crippen LogP contribution in [-0.2, 0) is 4.79 Å². The van der Waals surface area contributed by atoms with Gasteiger partial charge in [0.15, 0.2) is 0 Å². The SMILES string of the molecule is CCN(CC)CC(=O)NCCC1Oc2ccccc2[N+]1=O. The minimum absolute atomic E-state index is 0.0216. The molecule has 0 fully saturated rings. The van der Waals surface area contributed by atoms with Gasteiger partial charge in [0.05, 0.1) is 17.7 Å². The van der Waals surface area contributed by atoms with E-state index in [1.807, 2.05) is 24.8 Å². The summed E-state index contributed by atoms with van der Waals surface area (Å²) in [7, 11) is 0. The Kier molecular flexibility index (Phi) is 5.27. The van der Waals surface area contributed by atoms with Gasteiger partial charge in [0.2, 0.25) is 11.7 Å². The lowest BCUT2D eigenvalue weighted by Gasteiger charge is -2.17. The normalized spacial score (nSPS) is 16.7. The monoisotopic (exact) mass is 292 g/mol. The van der Waals surface area contributed by atoms with E-state index in [-0.39, 0.29) is 5.91 Å². The van der Waals surface area contributed by atoms with Crippen molar-refractivity contribution < 1.29 is 14.3 Å². The lowest BCUT2D eigenvalue weighted by atomic mass is 10.3. The van der Waals surface area contributed by atoms with Crippen molar-refractivity contribution in [3.8, 4) is 5.75 Å². The number of carbonyl (C=O) groups excluding carboxylic acids is 1. The molecule has 1 atom stereocenters. The molecule has 0 aliphatic carbocycles. The van der Waals surface area contributed by atoms with Gasteiger partial charge in [-0.3, -0.25) is 9.69 Å². The predicted octanol–water partition coefficient (Wildman–Crippen LogP) is 1.66. The van der Waals surface area contributed by atoms with E-state index in [2.05, 4.69) is 5.32 Å². The number of amides is 1. The highest BCUT2D eigenvalue weighted by Gasteiger charge is 2.39. The number of nitroso groups, excluding NO2 is 1. The molecule has 2 rings (SSSR count). The molecule has 6 nitrogen and oxygen atoms in total. The molecule has 1 N–H and O–H groups in total. The summed E-state index contributed by atoms with van der Waals surface area (Å²) in [6, 6.07) is 7.16. The van der Waals surface area contributed by atoms with E-state index in [1.54, 1.807) is 18.2 Å². The van der Waals surface area contributed by atoms with Crippen molar-refractivity contribution in [3.63, 3.8) is 0 Å². The third kappa shape index (κ3) is 3.78. The molecule has 1 amide bonds. The highest BCUT2D eigenvalue weighted by molar-refractivity contribution is 5.77. The Balaban J connectivity index is 1.76. The number of para-hydroxylation sites is 2. The van der Waals surface area contributed by atoms with E-state index in [9.17, 15) is 9.70 Å². The molecule has 6 heteroatoms. The lowest BCUT2D eigenvalue weighted by molar-refractivity contribution is -0.529. The molecule has 0 spiro atoms. The number of nitrogens with zero attached hydrogens (tertiary/aromatic N) is 2. The molecule has 0 aromatic heterocycles. The van der Waals surface area contributed by atoms with Crippen LogP contribution in [0.4, 0.5) is 5.69 Å². The fourth-order valence-corrected chi connectivity index (χ4v) is 2.31. The molecule has 1 unspecified atom stereocenters. The van der Waals surface area contributed by atoms with Crippen LogP contribution in [0.15, 0.2) is 24.3 Å². The summed E-state index contributed by atoms with van der Waals surface area (Å²) in [5.41, 5.74) is 0.553. The average molecular weight is 292 g/mol. The first-order valence-electron chi connectivity index (χ1n) is 7.36. The quantitative estimate of drug-likeness (QED) is 0.777. The van der Waals surface area contributed by atoms with Gasteiger partial charge in [-0.2, -0.15) is 0 Å². The molecule has 114 valence electrons. The summed E-state index contributed by atoms with van der Waals surface area (Å²) in [5, 5.41) is 2.83. The van der Waals surface area contributed by atoms with Gasteiger partial charge in [-0.05, 0) is 19.2 Å². The molecule has 1 aliphatic heterocycles. The number of nitrogens with one attached hydrogen (secondary N) is 1. The van der Waals surface area contributed by atoms with Crippen molar-refractivity contribution in [3.05, 3.63) is 29.2 Å². The molecule has 1 aromatic rings. The van der Waals surface area contributed by atoms with Gasteiger partial charge < -0.3 is 10.1 Å². The van der Waals surface area contributed by atoms with Gasteiger partial charge in [-0.15, -0.1) is 0 Å². The van der Waals surface area contributed by atoms with Crippen LogP contribution in [0, 0.1) is 4.91 Å². The molecule has 0 saturated carbocycles. The first-order valence-corrected chi connectivity index (χ1v) is 7.36. The van der Waals surface area contributed by atoms with Crippen molar-refractivity contribution in [1.82, 2.24) is 10.2 Å². The van der Waals surface area contributed by atoms with Crippen LogP contribution in [0.25, 0.3) is 0 Å². The van der Waals surface area contributed by atoms with E-state index in [4.69, 9.17) is 4.74 Å². The van der Waals surface area contributed by atoms with Gasteiger partial charge in [0.1, 0.15) is 0 Å². The van der Waals surface area contributed by atoms with Gasteiger partial charge in [-0.1, -0.05) is 26.0 Å². The maximum atomic E-state index is 12.0. The number of fused-ring (bicyclic) bond motifs is 1. The third-order valence-corrected chi connectivity index (χ3v) is 3.60. The van der Waals surface area contributed by atoms with Crippen molar-refractivity contribution in [1.29, 1.82) is 0 Å². The molecule has 1 aromatic carbocycles. The Bertz CT molecular complexity index is 515. The first kappa shape index (κ1) is 15.4.